The number of hydrogen-bond donors (Lipinski definition) is 1. The molecule has 27 heavy (non-hydrogen) atoms. The molecule has 0 saturated carbocycles. The number of piperidine rings is 1. The lowest BCUT2D eigenvalue weighted by molar-refractivity contribution is -0.169. The maximum Gasteiger partial charge on any atom is 0.270 e. The summed E-state index contributed by atoms with van der Waals surface area (Å²) in [6.45, 7) is 5.64. The first-order valence-corrected chi connectivity index (χ1v) is 9.46. The molecule has 2 aromatic rings. The van der Waals surface area contributed by atoms with Gasteiger partial charge in [0.1, 0.15) is 5.69 Å². The number of nitrogens with one attached hydrogen (secondary N) is 1. The molecule has 1 spiro atoms. The van der Waals surface area contributed by atoms with Crippen molar-refractivity contribution in [3.8, 4) is 0 Å². The number of anilines is 1. The van der Waals surface area contributed by atoms with Crippen molar-refractivity contribution < 1.29 is 14.3 Å². The molecule has 6 nitrogen and oxygen atoms in total. The maximum absolute atomic E-state index is 12.3. The normalized spacial score (nSPS) is 18.6. The SMILES string of the molecule is Cc1ccc(CNC(=O)c2ccc(N3CCC4(CC3)OCCO4)cn2)cc1. The van der Waals surface area contributed by atoms with Crippen LogP contribution in [0.4, 0.5) is 5.69 Å². The summed E-state index contributed by atoms with van der Waals surface area (Å²) in [4.78, 5) is 18.9. The molecular formula is C21H25N3O3. The molecule has 142 valence electrons. The number of ether oxygens (including phenoxy) is 2. The second-order valence-corrected chi connectivity index (χ2v) is 7.16. The Bertz CT molecular complexity index is 773. The topological polar surface area (TPSA) is 63.7 Å². The van der Waals surface area contributed by atoms with Crippen LogP contribution >= 0.6 is 0 Å². The minimum absolute atomic E-state index is 0.160. The van der Waals surface area contributed by atoms with E-state index in [9.17, 15) is 4.79 Å². The van der Waals surface area contributed by atoms with E-state index >= 15 is 0 Å². The van der Waals surface area contributed by atoms with Gasteiger partial charge in [0.25, 0.3) is 5.91 Å². The highest BCUT2D eigenvalue weighted by Crippen LogP contribution is 2.32. The summed E-state index contributed by atoms with van der Waals surface area (Å²) in [5, 5.41) is 2.92. The van der Waals surface area contributed by atoms with E-state index in [0.29, 0.717) is 25.5 Å². The van der Waals surface area contributed by atoms with Crippen molar-refractivity contribution in [1.29, 1.82) is 0 Å². The maximum atomic E-state index is 12.3. The second kappa shape index (κ2) is 7.66. The lowest BCUT2D eigenvalue weighted by atomic mass is 10.0. The molecule has 4 rings (SSSR count). The highest BCUT2D eigenvalue weighted by atomic mass is 16.7. The van der Waals surface area contributed by atoms with Gasteiger partial charge in [0.15, 0.2) is 5.79 Å². The largest absolute Gasteiger partial charge is 0.370 e. The number of aromatic nitrogens is 1. The highest BCUT2D eigenvalue weighted by molar-refractivity contribution is 5.92. The van der Waals surface area contributed by atoms with Gasteiger partial charge in [0.05, 0.1) is 25.1 Å². The number of nitrogens with zero attached hydrogens (tertiary/aromatic N) is 2. The van der Waals surface area contributed by atoms with Crippen LogP contribution in [0.3, 0.4) is 0 Å². The number of aryl methyl sites for hydroxylation is 1. The molecule has 2 saturated heterocycles. The first kappa shape index (κ1) is 17.9. The van der Waals surface area contributed by atoms with Crippen LogP contribution in [0.1, 0.15) is 34.5 Å². The number of amides is 1. The predicted octanol–water partition coefficient (Wildman–Crippen LogP) is 2.66. The van der Waals surface area contributed by atoms with Gasteiger partial charge < -0.3 is 19.7 Å². The average molecular weight is 367 g/mol. The van der Waals surface area contributed by atoms with Gasteiger partial charge in [-0.1, -0.05) is 29.8 Å². The summed E-state index contributed by atoms with van der Waals surface area (Å²) in [6.07, 6.45) is 3.48. The third-order valence-corrected chi connectivity index (χ3v) is 5.26. The van der Waals surface area contributed by atoms with Crippen molar-refractivity contribution in [3.05, 3.63) is 59.4 Å². The molecule has 3 heterocycles. The van der Waals surface area contributed by atoms with Crippen molar-refractivity contribution in [2.75, 3.05) is 31.2 Å². The quantitative estimate of drug-likeness (QED) is 0.900. The molecule has 0 unspecified atom stereocenters. The average Bonchev–Trinajstić information content (AvgIpc) is 3.16. The molecule has 2 fully saturated rings. The Kier molecular flexibility index (Phi) is 5.09. The third kappa shape index (κ3) is 4.12. The lowest BCUT2D eigenvalue weighted by Crippen LogP contribution is -2.45. The van der Waals surface area contributed by atoms with Crippen molar-refractivity contribution in [2.24, 2.45) is 0 Å². The van der Waals surface area contributed by atoms with E-state index in [1.807, 2.05) is 37.3 Å². The van der Waals surface area contributed by atoms with Crippen LogP contribution in [0, 0.1) is 6.92 Å². The number of rotatable bonds is 4. The molecule has 0 bridgehead atoms. The lowest BCUT2D eigenvalue weighted by Gasteiger charge is -2.38. The molecule has 1 N–H and O–H groups in total. The number of pyridine rings is 1. The van der Waals surface area contributed by atoms with E-state index in [-0.39, 0.29) is 11.7 Å². The third-order valence-electron chi connectivity index (χ3n) is 5.26. The Labute approximate surface area is 159 Å². The minimum Gasteiger partial charge on any atom is -0.370 e. The smallest absolute Gasteiger partial charge is 0.270 e. The van der Waals surface area contributed by atoms with Gasteiger partial charge in [-0.05, 0) is 24.6 Å². The number of carbonyl (C=O) groups excluding carboxylic acids is 1. The molecule has 0 aliphatic carbocycles. The zero-order chi connectivity index (χ0) is 18.7. The van der Waals surface area contributed by atoms with Crippen molar-refractivity contribution in [2.45, 2.75) is 32.1 Å². The van der Waals surface area contributed by atoms with E-state index in [1.54, 1.807) is 12.3 Å². The van der Waals surface area contributed by atoms with Gasteiger partial charge in [0.2, 0.25) is 0 Å². The summed E-state index contributed by atoms with van der Waals surface area (Å²) >= 11 is 0. The zero-order valence-electron chi connectivity index (χ0n) is 15.6. The fraction of sp³-hybridized carbons (Fsp3) is 0.429. The van der Waals surface area contributed by atoms with Gasteiger partial charge in [-0.3, -0.25) is 4.79 Å². The fourth-order valence-corrected chi connectivity index (χ4v) is 3.58. The Balaban J connectivity index is 1.32. The molecule has 0 radical (unpaired) electrons. The molecule has 1 aromatic heterocycles. The fourth-order valence-electron chi connectivity index (χ4n) is 3.58. The first-order chi connectivity index (χ1) is 13.1. The molecule has 1 aromatic carbocycles. The standard InChI is InChI=1S/C21H25N3O3/c1-16-2-4-17(5-3-16)14-23-20(25)19-7-6-18(15-22-19)24-10-8-21(9-11-24)26-12-13-27-21/h2-7,15H,8-14H2,1H3,(H,23,25). The summed E-state index contributed by atoms with van der Waals surface area (Å²) in [5.74, 6) is -0.535. The van der Waals surface area contributed by atoms with Crippen LogP contribution in [0.2, 0.25) is 0 Å². The molecule has 1 amide bonds. The number of carbonyl (C=O) groups is 1. The molecule has 0 atom stereocenters. The van der Waals surface area contributed by atoms with E-state index in [4.69, 9.17) is 9.47 Å². The van der Waals surface area contributed by atoms with Crippen molar-refractivity contribution in [1.82, 2.24) is 10.3 Å². The summed E-state index contributed by atoms with van der Waals surface area (Å²) in [6, 6.07) is 11.9. The summed E-state index contributed by atoms with van der Waals surface area (Å²) in [5.41, 5.74) is 3.74. The van der Waals surface area contributed by atoms with Crippen LogP contribution < -0.4 is 10.2 Å². The Morgan fingerprint density at radius 2 is 1.81 bits per heavy atom. The van der Waals surface area contributed by atoms with Crippen LogP contribution in [-0.4, -0.2) is 43.0 Å². The molecule has 2 aliphatic heterocycles. The minimum atomic E-state index is -0.375. The zero-order valence-corrected chi connectivity index (χ0v) is 15.6. The predicted molar refractivity (Wildman–Crippen MR) is 103 cm³/mol. The van der Waals surface area contributed by atoms with Gasteiger partial charge >= 0.3 is 0 Å². The molecular weight excluding hydrogens is 342 g/mol. The Morgan fingerprint density at radius 1 is 1.11 bits per heavy atom. The Morgan fingerprint density at radius 3 is 2.44 bits per heavy atom. The van der Waals surface area contributed by atoms with Gasteiger partial charge in [-0.2, -0.15) is 0 Å². The van der Waals surface area contributed by atoms with Gasteiger partial charge in [-0.15, -0.1) is 0 Å². The van der Waals surface area contributed by atoms with Crippen LogP contribution in [0.15, 0.2) is 42.6 Å². The van der Waals surface area contributed by atoms with E-state index in [2.05, 4.69) is 15.2 Å². The summed E-state index contributed by atoms with van der Waals surface area (Å²) < 4.78 is 11.5. The van der Waals surface area contributed by atoms with Crippen LogP contribution in [0.5, 0.6) is 0 Å². The van der Waals surface area contributed by atoms with Crippen molar-refractivity contribution >= 4 is 11.6 Å². The van der Waals surface area contributed by atoms with E-state index < -0.39 is 0 Å². The summed E-state index contributed by atoms with van der Waals surface area (Å²) in [7, 11) is 0. The van der Waals surface area contributed by atoms with Gasteiger partial charge in [-0.25, -0.2) is 4.98 Å². The second-order valence-electron chi connectivity index (χ2n) is 7.16. The number of benzene rings is 1. The van der Waals surface area contributed by atoms with E-state index in [1.165, 1.54) is 5.56 Å². The number of hydrogen-bond acceptors (Lipinski definition) is 5. The first-order valence-electron chi connectivity index (χ1n) is 9.46. The van der Waals surface area contributed by atoms with E-state index in [0.717, 1.165) is 37.2 Å². The highest BCUT2D eigenvalue weighted by Gasteiger charge is 2.39. The monoisotopic (exact) mass is 367 g/mol. The van der Waals surface area contributed by atoms with Crippen LogP contribution in [0.25, 0.3) is 0 Å². The van der Waals surface area contributed by atoms with Crippen molar-refractivity contribution in [3.63, 3.8) is 0 Å². The van der Waals surface area contributed by atoms with Gasteiger partial charge in [0, 0.05) is 32.5 Å². The Hall–Kier alpha value is -2.44. The van der Waals surface area contributed by atoms with Crippen LogP contribution in [-0.2, 0) is 16.0 Å². The molecule has 6 heteroatoms. The molecule has 2 aliphatic rings.